The molecule has 1 aromatic rings. The van der Waals surface area contributed by atoms with E-state index in [1.54, 1.807) is 7.11 Å². The summed E-state index contributed by atoms with van der Waals surface area (Å²) in [6.45, 7) is 12.3. The van der Waals surface area contributed by atoms with E-state index in [1.807, 2.05) is 12.3 Å². The maximum Gasteiger partial charge on any atom is 0.213 e. The third-order valence-electron chi connectivity index (χ3n) is 3.93. The Balaban J connectivity index is 1.92. The molecule has 0 aliphatic carbocycles. The average molecular weight is 263 g/mol. The van der Waals surface area contributed by atoms with Gasteiger partial charge >= 0.3 is 0 Å². The van der Waals surface area contributed by atoms with E-state index in [2.05, 4.69) is 35.6 Å². The summed E-state index contributed by atoms with van der Waals surface area (Å²) in [5.74, 6) is 0.700. The summed E-state index contributed by atoms with van der Waals surface area (Å²) < 4.78 is 5.15. The van der Waals surface area contributed by atoms with Crippen molar-refractivity contribution in [3.63, 3.8) is 0 Å². The van der Waals surface area contributed by atoms with Crippen LogP contribution in [0.2, 0.25) is 0 Å². The molecule has 1 fully saturated rings. The largest absolute Gasteiger partial charge is 0.481 e. The highest BCUT2D eigenvalue weighted by molar-refractivity contribution is 5.28. The first-order valence-electron chi connectivity index (χ1n) is 7.06. The quantitative estimate of drug-likeness (QED) is 0.830. The molecule has 4 heteroatoms. The molecule has 0 amide bonds. The van der Waals surface area contributed by atoms with Gasteiger partial charge in [0.1, 0.15) is 0 Å². The maximum absolute atomic E-state index is 5.15. The fourth-order valence-electron chi connectivity index (χ4n) is 2.51. The van der Waals surface area contributed by atoms with E-state index in [-0.39, 0.29) is 0 Å². The monoisotopic (exact) mass is 263 g/mol. The van der Waals surface area contributed by atoms with Crippen LogP contribution in [0.1, 0.15) is 25.0 Å². The second-order valence-corrected chi connectivity index (χ2v) is 5.56. The molecule has 0 unspecified atom stereocenters. The first-order valence-corrected chi connectivity index (χ1v) is 7.06. The fourth-order valence-corrected chi connectivity index (χ4v) is 2.51. The first-order chi connectivity index (χ1) is 9.10. The normalized spacial score (nSPS) is 17.9. The van der Waals surface area contributed by atoms with Gasteiger partial charge in [-0.05, 0) is 31.9 Å². The molecule has 0 aromatic carbocycles. The number of aromatic nitrogens is 1. The molecule has 1 aromatic heterocycles. The molecule has 1 aliphatic heterocycles. The van der Waals surface area contributed by atoms with Crippen LogP contribution in [0.25, 0.3) is 0 Å². The van der Waals surface area contributed by atoms with Gasteiger partial charge in [-0.1, -0.05) is 0 Å². The lowest BCUT2D eigenvalue weighted by molar-refractivity contribution is 0.104. The molecule has 106 valence electrons. The molecule has 0 spiro atoms. The lowest BCUT2D eigenvalue weighted by Crippen LogP contribution is -2.48. The molecule has 2 rings (SSSR count). The van der Waals surface area contributed by atoms with E-state index in [1.165, 1.54) is 24.2 Å². The molecule has 1 aliphatic rings. The highest BCUT2D eigenvalue weighted by atomic mass is 16.5. The number of hydrogen-bond acceptors (Lipinski definition) is 4. The van der Waals surface area contributed by atoms with Crippen LogP contribution in [0.3, 0.4) is 0 Å². The maximum atomic E-state index is 5.15. The number of nitrogens with zero attached hydrogens (tertiary/aromatic N) is 3. The van der Waals surface area contributed by atoms with Crippen LogP contribution in [-0.2, 0) is 6.54 Å². The van der Waals surface area contributed by atoms with E-state index in [0.717, 1.165) is 19.6 Å². The topological polar surface area (TPSA) is 28.6 Å². The smallest absolute Gasteiger partial charge is 0.213 e. The van der Waals surface area contributed by atoms with Gasteiger partial charge in [0.15, 0.2) is 0 Å². The van der Waals surface area contributed by atoms with Gasteiger partial charge in [0, 0.05) is 51.0 Å². The van der Waals surface area contributed by atoms with E-state index in [4.69, 9.17) is 4.74 Å². The lowest BCUT2D eigenvalue weighted by atomic mass is 10.1. The number of rotatable bonds is 4. The zero-order valence-electron chi connectivity index (χ0n) is 12.5. The Labute approximate surface area is 116 Å². The van der Waals surface area contributed by atoms with Crippen LogP contribution >= 0.6 is 0 Å². The zero-order chi connectivity index (χ0) is 13.8. The number of aryl methyl sites for hydroxylation is 1. The van der Waals surface area contributed by atoms with Gasteiger partial charge in [-0.15, -0.1) is 0 Å². The lowest BCUT2D eigenvalue weighted by Gasteiger charge is -2.37. The van der Waals surface area contributed by atoms with Crippen LogP contribution in [0.5, 0.6) is 5.88 Å². The van der Waals surface area contributed by atoms with Crippen LogP contribution in [0.4, 0.5) is 0 Å². The van der Waals surface area contributed by atoms with Crippen molar-refractivity contribution < 1.29 is 4.74 Å². The summed E-state index contributed by atoms with van der Waals surface area (Å²) in [5, 5.41) is 0. The van der Waals surface area contributed by atoms with Crippen molar-refractivity contribution in [2.45, 2.75) is 33.4 Å². The van der Waals surface area contributed by atoms with Crippen LogP contribution < -0.4 is 4.74 Å². The van der Waals surface area contributed by atoms with Crippen LogP contribution in [-0.4, -0.2) is 54.1 Å². The molecular weight excluding hydrogens is 238 g/mol. The fraction of sp³-hybridized carbons (Fsp3) is 0.667. The SMILES string of the molecule is COc1cc(C)c(CN2CCN(C(C)C)CC2)cn1. The molecule has 4 nitrogen and oxygen atoms in total. The molecule has 0 saturated carbocycles. The van der Waals surface area contributed by atoms with Crippen molar-refractivity contribution in [3.8, 4) is 5.88 Å². The summed E-state index contributed by atoms with van der Waals surface area (Å²) >= 11 is 0. The standard InChI is InChI=1S/C15H25N3O/c1-12(2)18-7-5-17(6-8-18)11-14-10-16-15(19-4)9-13(14)3/h9-10,12H,5-8,11H2,1-4H3. The minimum Gasteiger partial charge on any atom is -0.481 e. The Morgan fingerprint density at radius 3 is 2.47 bits per heavy atom. The van der Waals surface area contributed by atoms with Gasteiger partial charge in [-0.2, -0.15) is 0 Å². The molecule has 2 heterocycles. The van der Waals surface area contributed by atoms with E-state index in [0.29, 0.717) is 11.9 Å². The van der Waals surface area contributed by atoms with Crippen molar-refractivity contribution in [2.24, 2.45) is 0 Å². The van der Waals surface area contributed by atoms with Crippen molar-refractivity contribution in [2.75, 3.05) is 33.3 Å². The zero-order valence-corrected chi connectivity index (χ0v) is 12.5. The van der Waals surface area contributed by atoms with Crippen LogP contribution in [0.15, 0.2) is 12.3 Å². The Bertz CT molecular complexity index is 412. The Morgan fingerprint density at radius 2 is 1.95 bits per heavy atom. The van der Waals surface area contributed by atoms with Gasteiger partial charge in [0.2, 0.25) is 5.88 Å². The number of hydrogen-bond donors (Lipinski definition) is 0. The van der Waals surface area contributed by atoms with Crippen molar-refractivity contribution in [3.05, 3.63) is 23.4 Å². The second-order valence-electron chi connectivity index (χ2n) is 5.56. The molecule has 1 saturated heterocycles. The van der Waals surface area contributed by atoms with Gasteiger partial charge < -0.3 is 4.74 Å². The highest BCUT2D eigenvalue weighted by Gasteiger charge is 2.19. The summed E-state index contributed by atoms with van der Waals surface area (Å²) in [6.07, 6.45) is 1.95. The molecule has 0 atom stereocenters. The van der Waals surface area contributed by atoms with Gasteiger partial charge in [-0.25, -0.2) is 4.98 Å². The second kappa shape index (κ2) is 6.35. The summed E-state index contributed by atoms with van der Waals surface area (Å²) in [6, 6.07) is 2.67. The Hall–Kier alpha value is -1.13. The highest BCUT2D eigenvalue weighted by Crippen LogP contribution is 2.16. The predicted octanol–water partition coefficient (Wildman–Crippen LogP) is 1.92. The number of methoxy groups -OCH3 is 1. The number of piperazine rings is 1. The Kier molecular flexibility index (Phi) is 4.77. The number of ether oxygens (including phenoxy) is 1. The third kappa shape index (κ3) is 3.67. The van der Waals surface area contributed by atoms with Crippen molar-refractivity contribution in [1.82, 2.24) is 14.8 Å². The minimum atomic E-state index is 0.659. The van der Waals surface area contributed by atoms with E-state index in [9.17, 15) is 0 Å². The van der Waals surface area contributed by atoms with Gasteiger partial charge in [0.05, 0.1) is 7.11 Å². The molecule has 0 N–H and O–H groups in total. The van der Waals surface area contributed by atoms with Gasteiger partial charge in [-0.3, -0.25) is 9.80 Å². The first kappa shape index (κ1) is 14.3. The average Bonchev–Trinajstić information content (AvgIpc) is 2.41. The number of pyridine rings is 1. The summed E-state index contributed by atoms with van der Waals surface area (Å²) in [5.41, 5.74) is 2.57. The van der Waals surface area contributed by atoms with Crippen molar-refractivity contribution in [1.29, 1.82) is 0 Å². The summed E-state index contributed by atoms with van der Waals surface area (Å²) in [4.78, 5) is 9.35. The molecule has 0 bridgehead atoms. The summed E-state index contributed by atoms with van der Waals surface area (Å²) in [7, 11) is 1.66. The predicted molar refractivity (Wildman–Crippen MR) is 77.5 cm³/mol. The van der Waals surface area contributed by atoms with E-state index >= 15 is 0 Å². The third-order valence-corrected chi connectivity index (χ3v) is 3.93. The molecule has 19 heavy (non-hydrogen) atoms. The van der Waals surface area contributed by atoms with Crippen molar-refractivity contribution >= 4 is 0 Å². The minimum absolute atomic E-state index is 0.659. The molecule has 0 radical (unpaired) electrons. The molecular formula is C15H25N3O. The Morgan fingerprint density at radius 1 is 1.26 bits per heavy atom. The van der Waals surface area contributed by atoms with E-state index < -0.39 is 0 Å². The van der Waals surface area contributed by atoms with Gasteiger partial charge in [0.25, 0.3) is 0 Å². The van der Waals surface area contributed by atoms with Crippen LogP contribution in [0, 0.1) is 6.92 Å².